The minimum absolute atomic E-state index is 0.0638. The van der Waals surface area contributed by atoms with E-state index in [9.17, 15) is 14.7 Å². The van der Waals surface area contributed by atoms with Gasteiger partial charge in [0.2, 0.25) is 5.13 Å². The molecule has 1 unspecified atom stereocenters. The smallest absolute Gasteiger partial charge is 0.301 e. The summed E-state index contributed by atoms with van der Waals surface area (Å²) in [6, 6.07) is 17.2. The number of hydrogen-bond acceptors (Lipinski definition) is 10. The van der Waals surface area contributed by atoms with Crippen molar-refractivity contribution in [3.8, 4) is 11.5 Å². The zero-order valence-corrected chi connectivity index (χ0v) is 22.7. The monoisotopic (exact) mass is 560 g/mol. The molecule has 0 bridgehead atoms. The molecule has 4 aromatic rings. The number of aliphatic hydroxyl groups is 1. The maximum absolute atomic E-state index is 13.4. The highest BCUT2D eigenvalue weighted by Crippen LogP contribution is 2.45. The van der Waals surface area contributed by atoms with Gasteiger partial charge >= 0.3 is 5.91 Å². The van der Waals surface area contributed by atoms with Crippen molar-refractivity contribution in [2.24, 2.45) is 0 Å². The van der Waals surface area contributed by atoms with Gasteiger partial charge in [-0.05, 0) is 42.3 Å². The highest BCUT2D eigenvalue weighted by Gasteiger charge is 2.48. The number of nitrogens with zero attached hydrogens (tertiary/aromatic N) is 4. The van der Waals surface area contributed by atoms with Crippen molar-refractivity contribution in [3.63, 3.8) is 0 Å². The number of methoxy groups -OCH3 is 1. The average Bonchev–Trinajstić information content (AvgIpc) is 3.55. The number of carbonyl (C=O) groups excluding carboxylic acids is 2. The molecule has 2 aromatic heterocycles. The molecule has 1 atom stereocenters. The predicted octanol–water partition coefficient (Wildman–Crippen LogP) is 5.26. The number of anilines is 1. The van der Waals surface area contributed by atoms with Crippen molar-refractivity contribution in [1.82, 2.24) is 15.2 Å². The first kappa shape index (κ1) is 26.4. The van der Waals surface area contributed by atoms with Crippen LogP contribution in [0.25, 0.3) is 5.76 Å². The highest BCUT2D eigenvalue weighted by molar-refractivity contribution is 8.00. The molecular weight excluding hydrogens is 536 g/mol. The summed E-state index contributed by atoms with van der Waals surface area (Å²) >= 11 is 2.69. The van der Waals surface area contributed by atoms with Crippen LogP contribution >= 0.6 is 23.1 Å². The molecular formula is C28H24N4O5S2. The SMILES string of the molecule is CCOc1ccc(C2C(=C(O)c3ccncc3)C(=O)C(=O)N2c2nnc(SCc3ccccc3)s2)cc1OC. The van der Waals surface area contributed by atoms with E-state index in [1.807, 2.05) is 37.3 Å². The number of aliphatic hydroxyl groups excluding tert-OH is 1. The van der Waals surface area contributed by atoms with Crippen LogP contribution in [-0.4, -0.2) is 45.7 Å². The van der Waals surface area contributed by atoms with Gasteiger partial charge in [-0.2, -0.15) is 0 Å². The van der Waals surface area contributed by atoms with Gasteiger partial charge in [0.25, 0.3) is 5.78 Å². The van der Waals surface area contributed by atoms with Gasteiger partial charge in [-0.3, -0.25) is 19.5 Å². The predicted molar refractivity (Wildman–Crippen MR) is 149 cm³/mol. The zero-order chi connectivity index (χ0) is 27.4. The first-order valence-corrected chi connectivity index (χ1v) is 13.8. The van der Waals surface area contributed by atoms with Crippen LogP contribution in [-0.2, 0) is 15.3 Å². The number of thioether (sulfide) groups is 1. The molecule has 1 fully saturated rings. The standard InChI is InChI=1S/C28H24N4O5S2/c1-3-37-20-10-9-19(15-21(20)36-2)23-22(24(33)18-11-13-29-14-12-18)25(34)26(35)32(23)27-30-31-28(39-27)38-16-17-7-5-4-6-8-17/h4-15,23,33H,3,16H2,1-2H3. The second-order valence-electron chi connectivity index (χ2n) is 8.37. The van der Waals surface area contributed by atoms with E-state index < -0.39 is 17.7 Å². The molecule has 1 aliphatic rings. The van der Waals surface area contributed by atoms with E-state index in [-0.39, 0.29) is 16.5 Å². The molecule has 11 heteroatoms. The van der Waals surface area contributed by atoms with E-state index in [1.165, 1.54) is 47.5 Å². The Morgan fingerprint density at radius 3 is 2.54 bits per heavy atom. The molecule has 0 radical (unpaired) electrons. The Kier molecular flexibility index (Phi) is 7.89. The number of carbonyl (C=O) groups is 2. The van der Waals surface area contributed by atoms with Crippen molar-refractivity contribution in [3.05, 3.63) is 95.3 Å². The van der Waals surface area contributed by atoms with Gasteiger partial charge in [-0.25, -0.2) is 0 Å². The fourth-order valence-corrected chi connectivity index (χ4v) is 6.04. The zero-order valence-electron chi connectivity index (χ0n) is 21.1. The van der Waals surface area contributed by atoms with Crippen molar-refractivity contribution in [2.75, 3.05) is 18.6 Å². The minimum atomic E-state index is -0.970. The Bertz CT molecular complexity index is 1530. The van der Waals surface area contributed by atoms with E-state index in [0.29, 0.717) is 39.3 Å². The van der Waals surface area contributed by atoms with E-state index in [2.05, 4.69) is 15.2 Å². The first-order valence-electron chi connectivity index (χ1n) is 12.0. The lowest BCUT2D eigenvalue weighted by atomic mass is 9.95. The fourth-order valence-electron chi connectivity index (χ4n) is 4.22. The van der Waals surface area contributed by atoms with Crippen molar-refractivity contribution < 1.29 is 24.2 Å². The molecule has 1 saturated heterocycles. The number of pyridine rings is 1. The van der Waals surface area contributed by atoms with Gasteiger partial charge in [0.15, 0.2) is 15.8 Å². The summed E-state index contributed by atoms with van der Waals surface area (Å²) in [6.07, 6.45) is 3.00. The lowest BCUT2D eigenvalue weighted by molar-refractivity contribution is -0.132. The summed E-state index contributed by atoms with van der Waals surface area (Å²) in [5.74, 6) is -0.310. The topological polar surface area (TPSA) is 115 Å². The molecule has 198 valence electrons. The third-order valence-corrected chi connectivity index (χ3v) is 8.14. The molecule has 9 nitrogen and oxygen atoms in total. The molecule has 3 heterocycles. The Hall–Kier alpha value is -4.22. The summed E-state index contributed by atoms with van der Waals surface area (Å²) in [5, 5.41) is 20.0. The molecule has 0 spiro atoms. The second kappa shape index (κ2) is 11.7. The van der Waals surface area contributed by atoms with Gasteiger partial charge in [-0.1, -0.05) is 59.5 Å². The lowest BCUT2D eigenvalue weighted by Gasteiger charge is -2.23. The maximum Gasteiger partial charge on any atom is 0.301 e. The molecule has 1 N–H and O–H groups in total. The van der Waals surface area contributed by atoms with Crippen molar-refractivity contribution in [1.29, 1.82) is 0 Å². The molecule has 0 aliphatic carbocycles. The van der Waals surface area contributed by atoms with Gasteiger partial charge in [-0.15, -0.1) is 10.2 Å². The summed E-state index contributed by atoms with van der Waals surface area (Å²) < 4.78 is 11.8. The normalized spacial score (nSPS) is 16.5. The third kappa shape index (κ3) is 5.36. The van der Waals surface area contributed by atoms with Crippen LogP contribution < -0.4 is 14.4 Å². The Morgan fingerprint density at radius 1 is 1.05 bits per heavy atom. The van der Waals surface area contributed by atoms with Gasteiger partial charge < -0.3 is 14.6 Å². The number of amides is 1. The van der Waals surface area contributed by atoms with E-state index in [1.54, 1.807) is 30.3 Å². The molecule has 39 heavy (non-hydrogen) atoms. The van der Waals surface area contributed by atoms with Gasteiger partial charge in [0, 0.05) is 23.7 Å². The number of aromatic nitrogens is 3. The summed E-state index contributed by atoms with van der Waals surface area (Å²) in [6.45, 7) is 2.30. The molecule has 1 amide bonds. The van der Waals surface area contributed by atoms with Crippen molar-refractivity contribution in [2.45, 2.75) is 23.1 Å². The molecule has 2 aromatic carbocycles. The number of ketones is 1. The number of rotatable bonds is 9. The minimum Gasteiger partial charge on any atom is -0.507 e. The van der Waals surface area contributed by atoms with Gasteiger partial charge in [0.05, 0.1) is 25.3 Å². The number of benzene rings is 2. The summed E-state index contributed by atoms with van der Waals surface area (Å²) in [7, 11) is 1.51. The third-order valence-electron chi connectivity index (χ3n) is 6.01. The summed E-state index contributed by atoms with van der Waals surface area (Å²) in [4.78, 5) is 32.1. The lowest BCUT2D eigenvalue weighted by Crippen LogP contribution is -2.29. The average molecular weight is 561 g/mol. The van der Waals surface area contributed by atoms with E-state index in [0.717, 1.165) is 5.56 Å². The number of hydrogen-bond donors (Lipinski definition) is 1. The van der Waals surface area contributed by atoms with Gasteiger partial charge in [0.1, 0.15) is 5.76 Å². The van der Waals surface area contributed by atoms with Crippen LogP contribution in [0.4, 0.5) is 5.13 Å². The molecule has 1 aliphatic heterocycles. The van der Waals surface area contributed by atoms with Crippen LogP contribution in [0.3, 0.4) is 0 Å². The van der Waals surface area contributed by atoms with Crippen LogP contribution in [0.2, 0.25) is 0 Å². The van der Waals surface area contributed by atoms with E-state index in [4.69, 9.17) is 9.47 Å². The van der Waals surface area contributed by atoms with Crippen LogP contribution in [0.5, 0.6) is 11.5 Å². The Morgan fingerprint density at radius 2 is 1.82 bits per heavy atom. The van der Waals surface area contributed by atoms with Crippen LogP contribution in [0.15, 0.2) is 83.0 Å². The second-order valence-corrected chi connectivity index (χ2v) is 10.6. The largest absolute Gasteiger partial charge is 0.507 e. The molecule has 0 saturated carbocycles. The number of Topliss-reactive ketones (excluding diaryl/α,β-unsaturated/α-hetero) is 1. The van der Waals surface area contributed by atoms with Crippen LogP contribution in [0, 0.1) is 0 Å². The highest BCUT2D eigenvalue weighted by atomic mass is 32.2. The number of ether oxygens (including phenoxy) is 2. The Balaban J connectivity index is 1.58. The Labute approximate surface area is 233 Å². The quantitative estimate of drug-likeness (QED) is 0.0962. The molecule has 5 rings (SSSR count). The van der Waals surface area contributed by atoms with Crippen molar-refractivity contribution >= 4 is 45.7 Å². The van der Waals surface area contributed by atoms with Crippen LogP contribution in [0.1, 0.15) is 29.7 Å². The first-order chi connectivity index (χ1) is 19.0. The summed E-state index contributed by atoms with van der Waals surface area (Å²) in [5.41, 5.74) is 1.96. The maximum atomic E-state index is 13.4. The fraction of sp³-hybridized carbons (Fsp3) is 0.179. The van der Waals surface area contributed by atoms with E-state index >= 15 is 0 Å².